The molecule has 0 saturated carbocycles. The molecule has 1 N–H and O–H groups in total. The van der Waals surface area contributed by atoms with Crippen molar-refractivity contribution in [1.29, 1.82) is 0 Å². The molecular formula is C13H10ClNO2S2. The van der Waals surface area contributed by atoms with Gasteiger partial charge in [-0.25, -0.2) is 0 Å². The third-order valence-electron chi connectivity index (χ3n) is 2.19. The summed E-state index contributed by atoms with van der Waals surface area (Å²) in [6.07, 6.45) is 0. The van der Waals surface area contributed by atoms with Crippen LogP contribution in [0, 0.1) is 0 Å². The van der Waals surface area contributed by atoms with Crippen LogP contribution in [0.2, 0.25) is 5.02 Å². The molecule has 0 saturated heterocycles. The first-order valence-electron chi connectivity index (χ1n) is 5.42. The fourth-order valence-corrected chi connectivity index (χ4v) is 2.99. The van der Waals surface area contributed by atoms with Crippen molar-refractivity contribution in [2.45, 2.75) is 4.90 Å². The van der Waals surface area contributed by atoms with Crippen molar-refractivity contribution in [3.63, 3.8) is 0 Å². The molecule has 0 radical (unpaired) electrons. The van der Waals surface area contributed by atoms with Crippen LogP contribution in [0.15, 0.2) is 46.7 Å². The van der Waals surface area contributed by atoms with Crippen molar-refractivity contribution in [3.8, 4) is 0 Å². The van der Waals surface area contributed by atoms with Crippen molar-refractivity contribution in [2.75, 3.05) is 5.75 Å². The number of hydrogen-bond acceptors (Lipinski definition) is 4. The largest absolute Gasteiger partial charge is 0.291 e. The van der Waals surface area contributed by atoms with Gasteiger partial charge in [0, 0.05) is 4.90 Å². The third-order valence-corrected chi connectivity index (χ3v) is 4.58. The highest BCUT2D eigenvalue weighted by atomic mass is 35.5. The number of amides is 2. The number of imide groups is 1. The van der Waals surface area contributed by atoms with Crippen LogP contribution in [0.1, 0.15) is 9.67 Å². The number of thiophene rings is 1. The summed E-state index contributed by atoms with van der Waals surface area (Å²) in [7, 11) is 0. The van der Waals surface area contributed by atoms with E-state index in [4.69, 9.17) is 11.6 Å². The lowest BCUT2D eigenvalue weighted by Crippen LogP contribution is -2.31. The Morgan fingerprint density at radius 1 is 1.21 bits per heavy atom. The van der Waals surface area contributed by atoms with Crippen LogP contribution in [0.3, 0.4) is 0 Å². The van der Waals surface area contributed by atoms with Crippen LogP contribution in [0.4, 0.5) is 0 Å². The van der Waals surface area contributed by atoms with Gasteiger partial charge in [-0.2, -0.15) is 0 Å². The normalized spacial score (nSPS) is 10.2. The Balaban J connectivity index is 1.85. The summed E-state index contributed by atoms with van der Waals surface area (Å²) in [5.74, 6) is -0.538. The van der Waals surface area contributed by atoms with Gasteiger partial charge in [-0.1, -0.05) is 29.8 Å². The molecule has 2 rings (SSSR count). The number of carbonyl (C=O) groups excluding carboxylic acids is 2. The number of benzene rings is 1. The van der Waals surface area contributed by atoms with Crippen molar-refractivity contribution in [1.82, 2.24) is 5.32 Å². The van der Waals surface area contributed by atoms with Crippen molar-refractivity contribution >= 4 is 46.5 Å². The minimum Gasteiger partial charge on any atom is -0.291 e. The molecule has 2 amide bonds. The monoisotopic (exact) mass is 311 g/mol. The van der Waals surface area contributed by atoms with Gasteiger partial charge in [0.2, 0.25) is 5.91 Å². The molecule has 1 aromatic carbocycles. The molecular weight excluding hydrogens is 302 g/mol. The van der Waals surface area contributed by atoms with Crippen LogP contribution in [-0.2, 0) is 4.79 Å². The fourth-order valence-electron chi connectivity index (χ4n) is 1.34. The molecule has 98 valence electrons. The SMILES string of the molecule is O=C(CSc1ccccc1Cl)NC(=O)c1cccs1. The second-order valence-corrected chi connectivity index (χ2v) is 5.95. The summed E-state index contributed by atoms with van der Waals surface area (Å²) in [5, 5.41) is 4.73. The molecule has 19 heavy (non-hydrogen) atoms. The summed E-state index contributed by atoms with van der Waals surface area (Å²) in [4.78, 5) is 24.6. The number of thioether (sulfide) groups is 1. The Bertz CT molecular complexity index is 584. The second kappa shape index (κ2) is 6.75. The van der Waals surface area contributed by atoms with E-state index in [0.717, 1.165) is 4.90 Å². The summed E-state index contributed by atoms with van der Waals surface area (Å²) < 4.78 is 0. The number of hydrogen-bond donors (Lipinski definition) is 1. The Hall–Kier alpha value is -1.30. The molecule has 1 aromatic heterocycles. The predicted molar refractivity (Wildman–Crippen MR) is 79.0 cm³/mol. The lowest BCUT2D eigenvalue weighted by molar-refractivity contribution is -0.117. The zero-order valence-corrected chi connectivity index (χ0v) is 12.1. The number of rotatable bonds is 4. The number of halogens is 1. The molecule has 0 aliphatic carbocycles. The number of carbonyl (C=O) groups is 2. The average molecular weight is 312 g/mol. The van der Waals surface area contributed by atoms with E-state index in [1.807, 2.05) is 18.2 Å². The highest BCUT2D eigenvalue weighted by Crippen LogP contribution is 2.26. The minimum absolute atomic E-state index is 0.154. The Morgan fingerprint density at radius 3 is 2.68 bits per heavy atom. The first kappa shape index (κ1) is 14.1. The van der Waals surface area contributed by atoms with E-state index >= 15 is 0 Å². The van der Waals surface area contributed by atoms with Crippen LogP contribution < -0.4 is 5.32 Å². The predicted octanol–water partition coefficient (Wildman–Crippen LogP) is 3.45. The van der Waals surface area contributed by atoms with Crippen LogP contribution >= 0.6 is 34.7 Å². The van der Waals surface area contributed by atoms with Crippen LogP contribution in [-0.4, -0.2) is 17.6 Å². The minimum atomic E-state index is -0.361. The van der Waals surface area contributed by atoms with E-state index in [1.54, 1.807) is 23.6 Å². The molecule has 0 unspecified atom stereocenters. The molecule has 6 heteroatoms. The highest BCUT2D eigenvalue weighted by Gasteiger charge is 2.11. The smallest absolute Gasteiger partial charge is 0.267 e. The van der Waals surface area contributed by atoms with Gasteiger partial charge in [0.25, 0.3) is 5.91 Å². The van der Waals surface area contributed by atoms with Gasteiger partial charge in [0.15, 0.2) is 0 Å². The van der Waals surface area contributed by atoms with E-state index in [-0.39, 0.29) is 17.6 Å². The third kappa shape index (κ3) is 4.09. The van der Waals surface area contributed by atoms with E-state index in [2.05, 4.69) is 5.32 Å². The van der Waals surface area contributed by atoms with Gasteiger partial charge in [0.1, 0.15) is 0 Å². The highest BCUT2D eigenvalue weighted by molar-refractivity contribution is 8.00. The van der Waals surface area contributed by atoms with Gasteiger partial charge < -0.3 is 0 Å². The Kier molecular flexibility index (Phi) is 5.01. The molecule has 3 nitrogen and oxygen atoms in total. The topological polar surface area (TPSA) is 46.2 Å². The Labute approximate surface area is 124 Å². The molecule has 0 bridgehead atoms. The van der Waals surface area contributed by atoms with Crippen LogP contribution in [0.5, 0.6) is 0 Å². The summed E-state index contributed by atoms with van der Waals surface area (Å²) >= 11 is 8.58. The van der Waals surface area contributed by atoms with E-state index in [9.17, 15) is 9.59 Å². The summed E-state index contributed by atoms with van der Waals surface area (Å²) in [6.45, 7) is 0. The Morgan fingerprint density at radius 2 is 2.00 bits per heavy atom. The summed E-state index contributed by atoms with van der Waals surface area (Å²) in [6, 6.07) is 10.7. The molecule has 0 fully saturated rings. The van der Waals surface area contributed by atoms with Crippen molar-refractivity contribution in [2.24, 2.45) is 0 Å². The molecule has 0 aliphatic rings. The van der Waals surface area contributed by atoms with E-state index in [1.165, 1.54) is 23.1 Å². The second-order valence-electron chi connectivity index (χ2n) is 3.57. The maximum atomic E-state index is 11.6. The zero-order valence-electron chi connectivity index (χ0n) is 9.76. The standard InChI is InChI=1S/C13H10ClNO2S2/c14-9-4-1-2-5-10(9)19-8-12(16)15-13(17)11-6-3-7-18-11/h1-7H,8H2,(H,15,16,17). The average Bonchev–Trinajstić information content (AvgIpc) is 2.91. The number of nitrogens with one attached hydrogen (secondary N) is 1. The lowest BCUT2D eigenvalue weighted by Gasteiger charge is -2.04. The molecule has 2 aromatic rings. The van der Waals surface area contributed by atoms with Gasteiger partial charge >= 0.3 is 0 Å². The molecule has 0 aliphatic heterocycles. The summed E-state index contributed by atoms with van der Waals surface area (Å²) in [5.41, 5.74) is 0. The quantitative estimate of drug-likeness (QED) is 0.880. The van der Waals surface area contributed by atoms with E-state index in [0.29, 0.717) is 9.90 Å². The van der Waals surface area contributed by atoms with E-state index < -0.39 is 0 Å². The maximum absolute atomic E-state index is 11.6. The lowest BCUT2D eigenvalue weighted by atomic mass is 10.4. The zero-order chi connectivity index (χ0) is 13.7. The molecule has 0 spiro atoms. The van der Waals surface area contributed by atoms with Crippen molar-refractivity contribution in [3.05, 3.63) is 51.7 Å². The molecule has 1 heterocycles. The first-order chi connectivity index (χ1) is 9.16. The van der Waals surface area contributed by atoms with Gasteiger partial charge in [-0.05, 0) is 23.6 Å². The maximum Gasteiger partial charge on any atom is 0.267 e. The van der Waals surface area contributed by atoms with Gasteiger partial charge in [-0.3, -0.25) is 14.9 Å². The van der Waals surface area contributed by atoms with Gasteiger partial charge in [-0.15, -0.1) is 23.1 Å². The van der Waals surface area contributed by atoms with Crippen LogP contribution in [0.25, 0.3) is 0 Å². The van der Waals surface area contributed by atoms with Crippen molar-refractivity contribution < 1.29 is 9.59 Å². The van der Waals surface area contributed by atoms with Gasteiger partial charge in [0.05, 0.1) is 15.7 Å². The molecule has 0 atom stereocenters. The fraction of sp³-hybridized carbons (Fsp3) is 0.0769. The first-order valence-corrected chi connectivity index (χ1v) is 7.66.